The molecule has 0 bridgehead atoms. The summed E-state index contributed by atoms with van der Waals surface area (Å²) in [6.07, 6.45) is 0. The van der Waals surface area contributed by atoms with Crippen LogP contribution in [0.5, 0.6) is 0 Å². The molecule has 0 amide bonds. The van der Waals surface area contributed by atoms with Gasteiger partial charge in [0, 0.05) is 0 Å². The van der Waals surface area contributed by atoms with Gasteiger partial charge in [-0.1, -0.05) is 6.07 Å². The average molecular weight is 284 g/mol. The van der Waals surface area contributed by atoms with Crippen molar-refractivity contribution < 1.29 is 53.3 Å². The van der Waals surface area contributed by atoms with Crippen LogP contribution in [0.3, 0.4) is 0 Å². The molecule has 1 rings (SSSR count). The van der Waals surface area contributed by atoms with Crippen LogP contribution >= 0.6 is 0 Å². The van der Waals surface area contributed by atoms with Crippen molar-refractivity contribution in [2.24, 2.45) is 0 Å². The largest absolute Gasteiger partial charge is 2.00 e. The van der Waals surface area contributed by atoms with Crippen molar-refractivity contribution in [2.45, 2.75) is 0 Å². The molecule has 0 aliphatic heterocycles. The number of carboxylic acid groups (broad SMARTS) is 2. The Balaban J connectivity index is -0.000000180. The van der Waals surface area contributed by atoms with Gasteiger partial charge < -0.3 is 36.2 Å². The number of carbonyl (C=O) groups is 2. The molecule has 0 unspecified atom stereocenters. The Kier molecular flexibility index (Phi) is 15.0. The molecule has 0 aliphatic carbocycles. The maximum atomic E-state index is 10.2. The summed E-state index contributed by atoms with van der Waals surface area (Å²) >= 11 is 0. The first-order chi connectivity index (χ1) is 5.61. The minimum atomic E-state index is -1.52. The van der Waals surface area contributed by atoms with E-state index in [1.165, 1.54) is 6.07 Å². The number of pyridine rings is 1. The Labute approximate surface area is 100 Å². The predicted molar refractivity (Wildman–Crippen MR) is 45.0 cm³/mol. The summed E-state index contributed by atoms with van der Waals surface area (Å²) in [5.41, 5.74) is -0.839. The zero-order chi connectivity index (χ0) is 9.14. The van der Waals surface area contributed by atoms with Gasteiger partial charge in [0.1, 0.15) is 0 Å². The summed E-state index contributed by atoms with van der Waals surface area (Å²) in [4.78, 5) is 23.6. The molecule has 0 aliphatic rings. The van der Waals surface area contributed by atoms with E-state index in [1.807, 2.05) is 0 Å². The molecule has 0 saturated carbocycles. The van der Waals surface area contributed by atoms with Crippen molar-refractivity contribution in [3.63, 3.8) is 0 Å². The van der Waals surface area contributed by atoms with Crippen LogP contribution in [0.2, 0.25) is 0 Å². The first-order valence-corrected chi connectivity index (χ1v) is 3.01. The van der Waals surface area contributed by atoms with Crippen LogP contribution in [0.4, 0.5) is 0 Å². The molecule has 1 aromatic heterocycles. The van der Waals surface area contributed by atoms with Gasteiger partial charge in [0.15, 0.2) is 0 Å². The summed E-state index contributed by atoms with van der Waals surface area (Å²) in [5, 5.41) is 20.4. The number of carbonyl (C=O) groups excluding carboxylic acids is 2. The van der Waals surface area contributed by atoms with E-state index in [4.69, 9.17) is 0 Å². The smallest absolute Gasteiger partial charge is 0.543 e. The van der Waals surface area contributed by atoms with Crippen LogP contribution in [0.15, 0.2) is 18.2 Å². The van der Waals surface area contributed by atoms with Crippen LogP contribution in [0.1, 0.15) is 21.0 Å². The van der Waals surface area contributed by atoms with Crippen LogP contribution in [0.25, 0.3) is 0 Å². The second kappa shape index (κ2) is 10.0. The molecule has 0 saturated heterocycles. The second-order valence-corrected chi connectivity index (χ2v) is 1.98. The molecule has 0 fully saturated rings. The van der Waals surface area contributed by atoms with Gasteiger partial charge in [-0.3, -0.25) is 0 Å². The maximum Gasteiger partial charge on any atom is 2.00 e. The van der Waals surface area contributed by atoms with Crippen molar-refractivity contribution >= 4 is 11.9 Å². The first kappa shape index (κ1) is 24.0. The van der Waals surface area contributed by atoms with Gasteiger partial charge in [-0.25, -0.2) is 4.98 Å². The Hall–Kier alpha value is -1.51. The quantitative estimate of drug-likeness (QED) is 0.388. The zero-order valence-electron chi connectivity index (χ0n) is 7.69. The molecule has 1 heterocycles. The second-order valence-electron chi connectivity index (χ2n) is 1.98. The number of hydrogen-bond acceptors (Lipinski definition) is 5. The number of rotatable bonds is 2. The maximum absolute atomic E-state index is 10.2. The molecule has 0 aromatic carbocycles. The predicted octanol–water partition coefficient (Wildman–Crippen LogP) is -4.77. The number of hydrogen-bond donors (Lipinski definition) is 0. The molecule has 7 N–H and O–H groups in total. The molecule has 9 heteroatoms. The standard InChI is InChI=1S/C7H5NO4.Cu.3H2O/c9-6(10)4-2-1-3-5(8-4)7(11)12;;;;/h1-3H,(H,9,10)(H,11,12);;3*1H2/q;+2;;;/p-1. The van der Waals surface area contributed by atoms with E-state index in [-0.39, 0.29) is 33.5 Å². The van der Waals surface area contributed by atoms with E-state index in [0.29, 0.717) is 0 Å². The number of nitrogens with zero attached hydrogens (tertiary/aromatic N) is 1. The van der Waals surface area contributed by atoms with Gasteiger partial charge in [0.05, 0.1) is 23.3 Å². The Morgan fingerprint density at radius 3 is 1.56 bits per heavy atom. The molecule has 16 heavy (non-hydrogen) atoms. The minimum absolute atomic E-state index is 0. The van der Waals surface area contributed by atoms with Crippen molar-refractivity contribution in [3.05, 3.63) is 29.6 Å². The van der Waals surface area contributed by atoms with E-state index in [2.05, 4.69) is 4.98 Å². The third kappa shape index (κ3) is 6.06. The van der Waals surface area contributed by atoms with Crippen LogP contribution in [-0.2, 0) is 22.5 Å². The Morgan fingerprint density at radius 1 is 1.00 bits per heavy atom. The Bertz CT molecular complexity index is 314. The molecule has 1 aromatic rings. The van der Waals surface area contributed by atoms with Crippen LogP contribution in [0, 0.1) is 0 Å². The van der Waals surface area contributed by atoms with Crippen molar-refractivity contribution in [2.75, 3.05) is 0 Å². The molecule has 8 nitrogen and oxygen atoms in total. The van der Waals surface area contributed by atoms with Crippen LogP contribution < -0.4 is 10.2 Å². The number of aromatic carboxylic acids is 2. The fourth-order valence-corrected chi connectivity index (χ4v) is 0.662. The van der Waals surface area contributed by atoms with Crippen LogP contribution in [-0.4, -0.2) is 27.9 Å². The van der Waals surface area contributed by atoms with E-state index in [9.17, 15) is 19.8 Å². The van der Waals surface area contributed by atoms with E-state index < -0.39 is 23.3 Å². The third-order valence-electron chi connectivity index (χ3n) is 1.17. The number of carboxylic acids is 2. The van der Waals surface area contributed by atoms with Gasteiger partial charge in [0.2, 0.25) is 0 Å². The van der Waals surface area contributed by atoms with E-state index >= 15 is 0 Å². The first-order valence-electron chi connectivity index (χ1n) is 3.01. The molecular weight excluding hydrogens is 274 g/mol. The molecule has 95 valence electrons. The van der Waals surface area contributed by atoms with Gasteiger partial charge in [0.25, 0.3) is 0 Å². The van der Waals surface area contributed by atoms with Gasteiger partial charge >= 0.3 is 17.1 Å². The van der Waals surface area contributed by atoms with Gasteiger partial charge in [-0.15, -0.1) is 0 Å². The third-order valence-corrected chi connectivity index (χ3v) is 1.17. The molecule has 0 atom stereocenters. The Morgan fingerprint density at radius 2 is 1.31 bits per heavy atom. The monoisotopic (exact) mass is 283 g/mol. The SMILES string of the molecule is O.O.O=C([O-])c1cccc(C(=O)[O-])n1.[Cu+2].[OH3+]. The summed E-state index contributed by atoms with van der Waals surface area (Å²) in [6.45, 7) is 0. The van der Waals surface area contributed by atoms with Crippen molar-refractivity contribution in [3.8, 4) is 0 Å². The zero-order valence-corrected chi connectivity index (χ0v) is 8.63. The summed E-state index contributed by atoms with van der Waals surface area (Å²) in [7, 11) is 0. The average Bonchev–Trinajstić information content (AvgIpc) is 2.04. The number of aromatic nitrogens is 1. The fourth-order valence-electron chi connectivity index (χ4n) is 0.662. The summed E-state index contributed by atoms with van der Waals surface area (Å²) < 4.78 is 0. The summed E-state index contributed by atoms with van der Waals surface area (Å²) in [5.74, 6) is -3.03. The van der Waals surface area contributed by atoms with Crippen molar-refractivity contribution in [1.29, 1.82) is 0 Å². The summed E-state index contributed by atoms with van der Waals surface area (Å²) in [6, 6.07) is 3.53. The van der Waals surface area contributed by atoms with E-state index in [1.54, 1.807) is 0 Å². The normalized spacial score (nSPS) is 7.00. The fraction of sp³-hybridized carbons (Fsp3) is 0. The van der Waals surface area contributed by atoms with Crippen molar-refractivity contribution in [1.82, 2.24) is 4.98 Å². The molecular formula is C7H10CuNO7+. The topological polar surface area (TPSA) is 189 Å². The molecule has 1 radical (unpaired) electrons. The van der Waals surface area contributed by atoms with E-state index in [0.717, 1.165) is 12.1 Å². The molecule has 0 spiro atoms. The van der Waals surface area contributed by atoms with Gasteiger partial charge in [-0.05, 0) is 12.1 Å². The minimum Gasteiger partial charge on any atom is -0.543 e. The van der Waals surface area contributed by atoms with Gasteiger partial charge in [-0.2, -0.15) is 0 Å².